The number of hydrogen-bond acceptors (Lipinski definition) is 4. The molecule has 1 saturated carbocycles. The lowest BCUT2D eigenvalue weighted by atomic mass is 9.62. The van der Waals surface area contributed by atoms with E-state index in [1.165, 1.54) is 5.56 Å². The maximum atomic E-state index is 11.9. The molecule has 2 fully saturated rings. The number of ether oxygens (including phenoxy) is 3. The van der Waals surface area contributed by atoms with Gasteiger partial charge in [0, 0.05) is 11.5 Å². The van der Waals surface area contributed by atoms with E-state index in [2.05, 4.69) is 18.2 Å². The first-order valence-electron chi connectivity index (χ1n) is 8.29. The smallest absolute Gasteiger partial charge is 0.308 e. The Morgan fingerprint density at radius 2 is 2.23 bits per heavy atom. The van der Waals surface area contributed by atoms with Crippen LogP contribution in [0.1, 0.15) is 38.2 Å². The number of rotatable bonds is 3. The summed E-state index contributed by atoms with van der Waals surface area (Å²) < 4.78 is 17.4. The quantitative estimate of drug-likeness (QED) is 0.805. The van der Waals surface area contributed by atoms with E-state index in [-0.39, 0.29) is 23.6 Å². The van der Waals surface area contributed by atoms with Gasteiger partial charge in [-0.3, -0.25) is 4.79 Å². The molecule has 2 heterocycles. The zero-order valence-corrected chi connectivity index (χ0v) is 12.9. The molecule has 0 unspecified atom stereocenters. The van der Waals surface area contributed by atoms with Crippen molar-refractivity contribution in [2.24, 2.45) is 5.92 Å². The topological polar surface area (TPSA) is 44.8 Å². The Morgan fingerprint density at radius 1 is 1.36 bits per heavy atom. The number of carbonyl (C=O) groups excluding carboxylic acids is 1. The van der Waals surface area contributed by atoms with Crippen molar-refractivity contribution in [3.05, 3.63) is 29.8 Å². The van der Waals surface area contributed by atoms with Gasteiger partial charge in [-0.25, -0.2) is 0 Å². The molecular formula is C18H22O4. The van der Waals surface area contributed by atoms with E-state index in [0.29, 0.717) is 25.6 Å². The van der Waals surface area contributed by atoms with Gasteiger partial charge in [-0.2, -0.15) is 0 Å². The Morgan fingerprint density at radius 3 is 3.09 bits per heavy atom. The minimum absolute atomic E-state index is 0.0448. The summed E-state index contributed by atoms with van der Waals surface area (Å²) >= 11 is 0. The first-order valence-corrected chi connectivity index (χ1v) is 8.29. The summed E-state index contributed by atoms with van der Waals surface area (Å²) in [6, 6.07) is 8.32. The van der Waals surface area contributed by atoms with Crippen molar-refractivity contribution in [2.45, 2.75) is 50.2 Å². The highest BCUT2D eigenvalue weighted by Crippen LogP contribution is 2.57. The SMILES string of the molecule is CCOC(=O)C[C@@H]1OC[C@]23c4ccccc4O[C@H]2CCC[C@H]13. The van der Waals surface area contributed by atoms with Gasteiger partial charge in [0.2, 0.25) is 0 Å². The maximum Gasteiger partial charge on any atom is 0.308 e. The van der Waals surface area contributed by atoms with Crippen LogP contribution < -0.4 is 4.74 Å². The molecule has 118 valence electrons. The summed E-state index contributed by atoms with van der Waals surface area (Å²) in [6.07, 6.45) is 3.80. The lowest BCUT2D eigenvalue weighted by Crippen LogP contribution is -2.48. The molecule has 4 heteroatoms. The summed E-state index contributed by atoms with van der Waals surface area (Å²) in [5.41, 5.74) is 1.21. The molecule has 22 heavy (non-hydrogen) atoms. The normalized spacial score (nSPS) is 35.2. The van der Waals surface area contributed by atoms with Crippen LogP contribution in [0.2, 0.25) is 0 Å². The van der Waals surface area contributed by atoms with Gasteiger partial charge in [-0.05, 0) is 32.3 Å². The van der Waals surface area contributed by atoms with Crippen molar-refractivity contribution in [3.63, 3.8) is 0 Å². The molecule has 4 nitrogen and oxygen atoms in total. The molecule has 1 aromatic carbocycles. The largest absolute Gasteiger partial charge is 0.489 e. The average molecular weight is 302 g/mol. The average Bonchev–Trinajstić information content (AvgIpc) is 3.05. The predicted molar refractivity (Wildman–Crippen MR) is 80.9 cm³/mol. The van der Waals surface area contributed by atoms with Crippen LogP contribution in [0.25, 0.3) is 0 Å². The van der Waals surface area contributed by atoms with E-state index in [1.807, 2.05) is 13.0 Å². The van der Waals surface area contributed by atoms with E-state index in [4.69, 9.17) is 14.2 Å². The van der Waals surface area contributed by atoms with Gasteiger partial charge in [0.15, 0.2) is 0 Å². The number of fused-ring (bicyclic) bond motifs is 1. The van der Waals surface area contributed by atoms with Crippen LogP contribution in [-0.4, -0.2) is 31.4 Å². The van der Waals surface area contributed by atoms with Crippen molar-refractivity contribution < 1.29 is 19.0 Å². The summed E-state index contributed by atoms with van der Waals surface area (Å²) in [6.45, 7) is 2.92. The van der Waals surface area contributed by atoms with E-state index < -0.39 is 0 Å². The van der Waals surface area contributed by atoms with Crippen molar-refractivity contribution in [1.29, 1.82) is 0 Å². The second-order valence-corrected chi connectivity index (χ2v) is 6.54. The molecule has 0 aromatic heterocycles. The third kappa shape index (κ3) is 1.89. The third-order valence-corrected chi connectivity index (χ3v) is 5.53. The van der Waals surface area contributed by atoms with Crippen molar-refractivity contribution in [3.8, 4) is 5.75 Å². The van der Waals surface area contributed by atoms with Gasteiger partial charge in [-0.1, -0.05) is 18.2 Å². The molecular weight excluding hydrogens is 280 g/mol. The Balaban J connectivity index is 1.65. The van der Waals surface area contributed by atoms with Gasteiger partial charge in [0.05, 0.1) is 31.2 Å². The lowest BCUT2D eigenvalue weighted by molar-refractivity contribution is -0.146. The Hall–Kier alpha value is -1.55. The lowest BCUT2D eigenvalue weighted by Gasteiger charge is -2.40. The zero-order valence-electron chi connectivity index (χ0n) is 12.9. The van der Waals surface area contributed by atoms with E-state index >= 15 is 0 Å². The number of esters is 1. The Bertz CT molecular complexity index is 584. The van der Waals surface area contributed by atoms with Crippen LogP contribution in [0.4, 0.5) is 0 Å². The Labute approximate surface area is 130 Å². The maximum absolute atomic E-state index is 11.9. The molecule has 4 rings (SSSR count). The first kappa shape index (κ1) is 14.1. The summed E-state index contributed by atoms with van der Waals surface area (Å²) in [7, 11) is 0. The number of carbonyl (C=O) groups is 1. The van der Waals surface area contributed by atoms with Crippen molar-refractivity contribution in [1.82, 2.24) is 0 Å². The third-order valence-electron chi connectivity index (χ3n) is 5.53. The van der Waals surface area contributed by atoms with Gasteiger partial charge >= 0.3 is 5.97 Å². The first-order chi connectivity index (χ1) is 10.8. The molecule has 1 saturated heterocycles. The molecule has 1 aliphatic carbocycles. The molecule has 2 aliphatic heterocycles. The molecule has 1 spiro atoms. The zero-order chi connectivity index (χ0) is 15.2. The molecule has 4 atom stereocenters. The highest BCUT2D eigenvalue weighted by atomic mass is 16.5. The fourth-order valence-corrected chi connectivity index (χ4v) is 4.66. The molecule has 0 bridgehead atoms. The predicted octanol–water partition coefficient (Wildman–Crippen LogP) is 2.84. The highest BCUT2D eigenvalue weighted by Gasteiger charge is 2.61. The van der Waals surface area contributed by atoms with E-state index in [0.717, 1.165) is 25.0 Å². The number of para-hydroxylation sites is 1. The van der Waals surface area contributed by atoms with Crippen LogP contribution >= 0.6 is 0 Å². The second kappa shape index (κ2) is 5.27. The fourth-order valence-electron chi connectivity index (χ4n) is 4.66. The Kier molecular flexibility index (Phi) is 3.37. The van der Waals surface area contributed by atoms with E-state index in [9.17, 15) is 4.79 Å². The monoisotopic (exact) mass is 302 g/mol. The molecule has 3 aliphatic rings. The fraction of sp³-hybridized carbons (Fsp3) is 0.611. The van der Waals surface area contributed by atoms with Gasteiger partial charge < -0.3 is 14.2 Å². The highest BCUT2D eigenvalue weighted by molar-refractivity contribution is 5.70. The minimum atomic E-state index is -0.154. The van der Waals surface area contributed by atoms with Crippen LogP contribution in [-0.2, 0) is 19.7 Å². The van der Waals surface area contributed by atoms with Gasteiger partial charge in [-0.15, -0.1) is 0 Å². The van der Waals surface area contributed by atoms with Gasteiger partial charge in [0.25, 0.3) is 0 Å². The summed E-state index contributed by atoms with van der Waals surface area (Å²) in [4.78, 5) is 11.9. The van der Waals surface area contributed by atoms with Crippen LogP contribution in [0.15, 0.2) is 24.3 Å². The number of benzene rings is 1. The molecule has 0 amide bonds. The van der Waals surface area contributed by atoms with Crippen LogP contribution in [0.5, 0.6) is 5.75 Å². The standard InChI is InChI=1S/C18H22O4/c1-2-20-17(19)10-15-13-7-5-9-16-18(13,11-21-15)12-6-3-4-8-14(12)22-16/h3-4,6,8,13,15-16H,2,5,7,9-11H2,1H3/t13-,15+,16+,18-/m1/s1. The van der Waals surface area contributed by atoms with E-state index in [1.54, 1.807) is 0 Å². The molecule has 1 aromatic rings. The van der Waals surface area contributed by atoms with Crippen LogP contribution in [0.3, 0.4) is 0 Å². The van der Waals surface area contributed by atoms with Crippen LogP contribution in [0, 0.1) is 5.92 Å². The summed E-state index contributed by atoms with van der Waals surface area (Å²) in [5.74, 6) is 1.19. The van der Waals surface area contributed by atoms with Gasteiger partial charge in [0.1, 0.15) is 11.9 Å². The molecule has 0 N–H and O–H groups in total. The molecule has 0 radical (unpaired) electrons. The van der Waals surface area contributed by atoms with Crippen molar-refractivity contribution in [2.75, 3.05) is 13.2 Å². The van der Waals surface area contributed by atoms with Crippen molar-refractivity contribution >= 4 is 5.97 Å². The number of hydrogen-bond donors (Lipinski definition) is 0. The minimum Gasteiger partial charge on any atom is -0.489 e. The second-order valence-electron chi connectivity index (χ2n) is 6.54. The summed E-state index contributed by atoms with van der Waals surface area (Å²) in [5, 5.41) is 0.